The van der Waals surface area contributed by atoms with E-state index in [1.165, 1.54) is 18.1 Å². The zero-order chi connectivity index (χ0) is 10.1. The van der Waals surface area contributed by atoms with Gasteiger partial charge in [-0.15, -0.1) is 10.2 Å². The highest BCUT2D eigenvalue weighted by atomic mass is 32.2. The number of hydrogen-bond acceptors (Lipinski definition) is 4. The van der Waals surface area contributed by atoms with E-state index in [0.717, 1.165) is 0 Å². The Hall–Kier alpha value is -0.840. The number of aryl methyl sites for hydroxylation is 1. The molecule has 0 amide bonds. The molecular formula is C8H13N3OS. The molecule has 0 unspecified atom stereocenters. The average molecular weight is 199 g/mol. The molecule has 0 aliphatic carbocycles. The predicted octanol–water partition coefficient (Wildman–Crippen LogP) is 1.14. The fourth-order valence-corrected chi connectivity index (χ4v) is 1.13. The fraction of sp³-hybridized carbons (Fsp3) is 0.625. The normalized spacial score (nSPS) is 11.7. The summed E-state index contributed by atoms with van der Waals surface area (Å²) in [6.07, 6.45) is 3.44. The molecule has 1 aromatic heterocycles. The van der Waals surface area contributed by atoms with Gasteiger partial charge in [-0.25, -0.2) is 0 Å². The molecule has 0 saturated carbocycles. The van der Waals surface area contributed by atoms with Gasteiger partial charge in [0.15, 0.2) is 0 Å². The van der Waals surface area contributed by atoms with Crippen LogP contribution < -0.4 is 0 Å². The third kappa shape index (κ3) is 1.91. The minimum absolute atomic E-state index is 0.0139. The number of carbonyl (C=O) groups is 1. The highest BCUT2D eigenvalue weighted by Crippen LogP contribution is 2.24. The lowest BCUT2D eigenvalue weighted by molar-refractivity contribution is 0.0944. The van der Waals surface area contributed by atoms with Gasteiger partial charge in [0.25, 0.3) is 0 Å². The molecule has 1 rings (SSSR count). The lowest BCUT2D eigenvalue weighted by Crippen LogP contribution is -2.29. The van der Waals surface area contributed by atoms with Gasteiger partial charge in [0.05, 0.1) is 4.75 Å². The number of nitrogens with zero attached hydrogens (tertiary/aromatic N) is 3. The van der Waals surface area contributed by atoms with Crippen molar-refractivity contribution < 1.29 is 4.79 Å². The summed E-state index contributed by atoms with van der Waals surface area (Å²) >= 11 is 1.51. The van der Waals surface area contributed by atoms with Gasteiger partial charge in [0.1, 0.15) is 6.33 Å². The molecule has 72 valence electrons. The highest BCUT2D eigenvalue weighted by Gasteiger charge is 2.30. The Kier molecular flexibility index (Phi) is 2.75. The number of aromatic nitrogens is 3. The zero-order valence-electron chi connectivity index (χ0n) is 8.24. The molecule has 1 aromatic rings. The summed E-state index contributed by atoms with van der Waals surface area (Å²) in [6.45, 7) is 3.77. The maximum atomic E-state index is 11.8. The van der Waals surface area contributed by atoms with Crippen molar-refractivity contribution in [2.75, 3.05) is 6.26 Å². The van der Waals surface area contributed by atoms with E-state index in [0.29, 0.717) is 5.82 Å². The second kappa shape index (κ2) is 3.49. The highest BCUT2D eigenvalue weighted by molar-refractivity contribution is 8.00. The lowest BCUT2D eigenvalue weighted by atomic mass is 10.1. The number of rotatable bonds is 3. The molecular weight excluding hydrogens is 186 g/mol. The third-order valence-corrected chi connectivity index (χ3v) is 3.18. The van der Waals surface area contributed by atoms with E-state index in [4.69, 9.17) is 0 Å². The van der Waals surface area contributed by atoms with Crippen LogP contribution in [0.4, 0.5) is 0 Å². The molecule has 4 nitrogen and oxygen atoms in total. The molecule has 0 atom stereocenters. The molecule has 0 aliphatic rings. The van der Waals surface area contributed by atoms with Crippen molar-refractivity contribution in [1.82, 2.24) is 14.8 Å². The monoisotopic (exact) mass is 199 g/mol. The molecule has 0 fully saturated rings. The first kappa shape index (κ1) is 10.2. The third-order valence-electron chi connectivity index (χ3n) is 1.97. The van der Waals surface area contributed by atoms with E-state index < -0.39 is 4.75 Å². The standard InChI is InChI=1S/C8H13N3OS/c1-8(2,13-4)6(12)7-10-9-5-11(7)3/h5H,1-4H3. The van der Waals surface area contributed by atoms with Crippen LogP contribution >= 0.6 is 11.8 Å². The average Bonchev–Trinajstić information content (AvgIpc) is 2.50. The lowest BCUT2D eigenvalue weighted by Gasteiger charge is -2.18. The van der Waals surface area contributed by atoms with E-state index >= 15 is 0 Å². The topological polar surface area (TPSA) is 47.8 Å². The first-order chi connectivity index (χ1) is 5.99. The van der Waals surface area contributed by atoms with Crippen molar-refractivity contribution >= 4 is 17.5 Å². The van der Waals surface area contributed by atoms with Gasteiger partial charge in [-0.1, -0.05) is 0 Å². The second-order valence-electron chi connectivity index (χ2n) is 3.31. The van der Waals surface area contributed by atoms with E-state index in [2.05, 4.69) is 10.2 Å². The molecule has 5 heteroatoms. The maximum Gasteiger partial charge on any atom is 0.215 e. The maximum absolute atomic E-state index is 11.8. The van der Waals surface area contributed by atoms with Crippen LogP contribution in [0, 0.1) is 0 Å². The van der Waals surface area contributed by atoms with Crippen LogP contribution in [-0.2, 0) is 7.05 Å². The minimum Gasteiger partial charge on any atom is -0.314 e. The van der Waals surface area contributed by atoms with Crippen LogP contribution in [0.2, 0.25) is 0 Å². The van der Waals surface area contributed by atoms with E-state index in [9.17, 15) is 4.79 Å². The quantitative estimate of drug-likeness (QED) is 0.685. The molecule has 0 spiro atoms. The van der Waals surface area contributed by atoms with Crippen molar-refractivity contribution in [3.63, 3.8) is 0 Å². The van der Waals surface area contributed by atoms with Crippen LogP contribution in [0.15, 0.2) is 6.33 Å². The van der Waals surface area contributed by atoms with Crippen molar-refractivity contribution in [1.29, 1.82) is 0 Å². The molecule has 0 radical (unpaired) electrons. The van der Waals surface area contributed by atoms with E-state index in [-0.39, 0.29) is 5.78 Å². The SMILES string of the molecule is CSC(C)(C)C(=O)c1nncn1C. The first-order valence-corrected chi connectivity index (χ1v) is 5.15. The molecule has 0 saturated heterocycles. The van der Waals surface area contributed by atoms with Crippen molar-refractivity contribution in [3.05, 3.63) is 12.2 Å². The Bertz CT molecular complexity index is 319. The Morgan fingerprint density at radius 3 is 2.62 bits per heavy atom. The Morgan fingerprint density at radius 2 is 2.23 bits per heavy atom. The van der Waals surface area contributed by atoms with Gasteiger partial charge >= 0.3 is 0 Å². The summed E-state index contributed by atoms with van der Waals surface area (Å²) in [5, 5.41) is 7.45. The van der Waals surface area contributed by atoms with Crippen molar-refractivity contribution in [2.45, 2.75) is 18.6 Å². The van der Waals surface area contributed by atoms with E-state index in [1.807, 2.05) is 20.1 Å². The van der Waals surface area contributed by atoms with Gasteiger partial charge in [-0.2, -0.15) is 11.8 Å². The largest absolute Gasteiger partial charge is 0.314 e. The summed E-state index contributed by atoms with van der Waals surface area (Å²) in [5.74, 6) is 0.430. The summed E-state index contributed by atoms with van der Waals surface area (Å²) in [7, 11) is 1.77. The molecule has 0 bridgehead atoms. The van der Waals surface area contributed by atoms with E-state index in [1.54, 1.807) is 11.6 Å². The van der Waals surface area contributed by atoms with Gasteiger partial charge in [-0.05, 0) is 20.1 Å². The molecule has 1 heterocycles. The van der Waals surface area contributed by atoms with Crippen LogP contribution in [-0.4, -0.2) is 31.6 Å². The van der Waals surface area contributed by atoms with Gasteiger partial charge in [0, 0.05) is 7.05 Å². The number of ketones is 1. The summed E-state index contributed by atoms with van der Waals surface area (Å²) in [4.78, 5) is 11.8. The van der Waals surface area contributed by atoms with Crippen LogP contribution in [0.25, 0.3) is 0 Å². The zero-order valence-corrected chi connectivity index (χ0v) is 9.05. The fourth-order valence-electron chi connectivity index (χ4n) is 0.851. The smallest absolute Gasteiger partial charge is 0.215 e. The Balaban J connectivity index is 2.98. The number of thioether (sulfide) groups is 1. The summed E-state index contributed by atoms with van der Waals surface area (Å²) in [6, 6.07) is 0. The van der Waals surface area contributed by atoms with Crippen LogP contribution in [0.5, 0.6) is 0 Å². The number of carbonyl (C=O) groups excluding carboxylic acids is 1. The molecule has 13 heavy (non-hydrogen) atoms. The van der Waals surface area contributed by atoms with Gasteiger partial charge in [-0.3, -0.25) is 4.79 Å². The van der Waals surface area contributed by atoms with Gasteiger partial charge in [0.2, 0.25) is 11.6 Å². The number of Topliss-reactive ketones (excluding diaryl/α,β-unsaturated/α-hetero) is 1. The number of hydrogen-bond donors (Lipinski definition) is 0. The van der Waals surface area contributed by atoms with Gasteiger partial charge < -0.3 is 4.57 Å². The minimum atomic E-state index is -0.430. The summed E-state index contributed by atoms with van der Waals surface area (Å²) in [5.41, 5.74) is 0. The first-order valence-electron chi connectivity index (χ1n) is 3.93. The molecule has 0 aliphatic heterocycles. The Morgan fingerprint density at radius 1 is 1.62 bits per heavy atom. The predicted molar refractivity (Wildman–Crippen MR) is 52.9 cm³/mol. The summed E-state index contributed by atoms with van der Waals surface area (Å²) < 4.78 is 1.21. The molecule has 0 N–H and O–H groups in total. The Labute approximate surface area is 81.7 Å². The van der Waals surface area contributed by atoms with Crippen molar-refractivity contribution in [2.24, 2.45) is 7.05 Å². The molecule has 0 aromatic carbocycles. The second-order valence-corrected chi connectivity index (χ2v) is 4.74. The van der Waals surface area contributed by atoms with Crippen molar-refractivity contribution in [3.8, 4) is 0 Å². The van der Waals surface area contributed by atoms with Crippen LogP contribution in [0.1, 0.15) is 24.5 Å². The van der Waals surface area contributed by atoms with Crippen LogP contribution in [0.3, 0.4) is 0 Å².